The molecule has 178 valence electrons. The second-order valence-electron chi connectivity index (χ2n) is 8.54. The molecule has 2 aromatic rings. The molecular weight excluding hydrogens is 438 g/mol. The lowest BCUT2D eigenvalue weighted by molar-refractivity contribution is -0.114. The number of aryl methyl sites for hydroxylation is 1. The Morgan fingerprint density at radius 3 is 2.61 bits per heavy atom. The van der Waals surface area contributed by atoms with E-state index >= 15 is 0 Å². The van der Waals surface area contributed by atoms with Crippen molar-refractivity contribution < 1.29 is 19.1 Å². The van der Waals surface area contributed by atoms with Crippen molar-refractivity contribution in [1.82, 2.24) is 9.80 Å². The van der Waals surface area contributed by atoms with Crippen LogP contribution in [0.4, 0.5) is 9.80 Å². The summed E-state index contributed by atoms with van der Waals surface area (Å²) in [4.78, 5) is 29.9. The van der Waals surface area contributed by atoms with Gasteiger partial charge >= 0.3 is 6.09 Å². The van der Waals surface area contributed by atoms with E-state index in [1.165, 1.54) is 22.4 Å². The number of benzene rings is 1. The van der Waals surface area contributed by atoms with Crippen molar-refractivity contribution in [2.75, 3.05) is 45.2 Å². The number of thiophene rings is 1. The van der Waals surface area contributed by atoms with E-state index in [0.717, 1.165) is 48.7 Å². The van der Waals surface area contributed by atoms with Crippen LogP contribution in [0.1, 0.15) is 54.3 Å². The molecule has 1 atom stereocenters. The van der Waals surface area contributed by atoms with Gasteiger partial charge in [-0.05, 0) is 55.9 Å². The van der Waals surface area contributed by atoms with Crippen molar-refractivity contribution in [3.05, 3.63) is 45.8 Å². The molecule has 7 nitrogen and oxygen atoms in total. The van der Waals surface area contributed by atoms with Crippen LogP contribution in [0.5, 0.6) is 5.75 Å². The Bertz CT molecular complexity index is 998. The van der Waals surface area contributed by atoms with E-state index in [2.05, 4.69) is 22.3 Å². The summed E-state index contributed by atoms with van der Waals surface area (Å²) in [7, 11) is 1.68. The number of nitrogens with one attached hydrogen (secondary N) is 1. The zero-order valence-electron chi connectivity index (χ0n) is 19.7. The first-order chi connectivity index (χ1) is 16.0. The molecule has 0 radical (unpaired) electrons. The zero-order chi connectivity index (χ0) is 23.4. The molecule has 0 bridgehead atoms. The Morgan fingerprint density at radius 2 is 1.91 bits per heavy atom. The van der Waals surface area contributed by atoms with Gasteiger partial charge in [-0.15, -0.1) is 11.3 Å². The quantitative estimate of drug-likeness (QED) is 0.674. The van der Waals surface area contributed by atoms with Crippen molar-refractivity contribution in [3.8, 4) is 5.75 Å². The van der Waals surface area contributed by atoms with Gasteiger partial charge in [-0.1, -0.05) is 12.1 Å². The third kappa shape index (κ3) is 5.17. The average Bonchev–Trinajstić information content (AvgIpc) is 3.17. The van der Waals surface area contributed by atoms with Crippen LogP contribution in [0.3, 0.4) is 0 Å². The molecule has 1 saturated heterocycles. The number of carbonyl (C=O) groups excluding carboxylic acids is 2. The normalized spacial score (nSPS) is 17.2. The number of carbonyl (C=O) groups is 2. The van der Waals surface area contributed by atoms with Gasteiger partial charge in [-0.25, -0.2) is 4.79 Å². The second kappa shape index (κ2) is 10.6. The molecule has 1 aromatic heterocycles. The van der Waals surface area contributed by atoms with E-state index in [4.69, 9.17) is 9.47 Å². The first-order valence-corrected chi connectivity index (χ1v) is 12.5. The maximum absolute atomic E-state index is 12.2. The largest absolute Gasteiger partial charge is 0.497 e. The number of fused-ring (bicyclic) bond motifs is 1. The van der Waals surface area contributed by atoms with Crippen molar-refractivity contribution in [2.24, 2.45) is 0 Å². The van der Waals surface area contributed by atoms with Gasteiger partial charge in [-0.3, -0.25) is 9.69 Å². The van der Waals surface area contributed by atoms with Gasteiger partial charge in [0.05, 0.1) is 19.8 Å². The number of ether oxygens (including phenoxy) is 2. The minimum atomic E-state index is -0.248. The van der Waals surface area contributed by atoms with E-state index in [1.807, 2.05) is 19.1 Å². The number of hydrogen-bond acceptors (Lipinski definition) is 6. The summed E-state index contributed by atoms with van der Waals surface area (Å²) in [6, 6.07) is 8.18. The second-order valence-corrected chi connectivity index (χ2v) is 9.64. The van der Waals surface area contributed by atoms with Crippen molar-refractivity contribution in [1.29, 1.82) is 0 Å². The number of piperazine rings is 1. The van der Waals surface area contributed by atoms with Crippen LogP contribution < -0.4 is 10.1 Å². The summed E-state index contributed by atoms with van der Waals surface area (Å²) in [5.74, 6) is 0.763. The highest BCUT2D eigenvalue weighted by Gasteiger charge is 2.34. The van der Waals surface area contributed by atoms with Crippen LogP contribution in [0, 0.1) is 0 Å². The number of amides is 2. The van der Waals surface area contributed by atoms with Crippen molar-refractivity contribution in [3.63, 3.8) is 0 Å². The summed E-state index contributed by atoms with van der Waals surface area (Å²) in [6.07, 6.45) is 4.20. The van der Waals surface area contributed by atoms with E-state index < -0.39 is 0 Å². The van der Waals surface area contributed by atoms with E-state index in [1.54, 1.807) is 30.3 Å². The van der Waals surface area contributed by atoms with Crippen molar-refractivity contribution >= 4 is 28.3 Å². The molecule has 1 unspecified atom stereocenters. The highest BCUT2D eigenvalue weighted by molar-refractivity contribution is 7.16. The van der Waals surface area contributed by atoms with Gasteiger partial charge in [0, 0.05) is 43.5 Å². The number of methoxy groups -OCH3 is 1. The summed E-state index contributed by atoms with van der Waals surface area (Å²) >= 11 is 1.72. The Morgan fingerprint density at radius 1 is 1.15 bits per heavy atom. The molecule has 8 heteroatoms. The SMILES string of the molecule is CCOC(=O)N1CCN(C(c2cccc(OC)c2)c2c(NC(C)=O)sc3c2CCCC3)CC1. The molecule has 2 amide bonds. The molecular formula is C25H33N3O4S. The maximum atomic E-state index is 12.2. The van der Waals surface area contributed by atoms with Crippen molar-refractivity contribution in [2.45, 2.75) is 45.6 Å². The van der Waals surface area contributed by atoms with E-state index in [0.29, 0.717) is 19.7 Å². The first-order valence-electron chi connectivity index (χ1n) is 11.7. The third-order valence-corrected chi connectivity index (χ3v) is 7.61. The Kier molecular flexibility index (Phi) is 7.55. The summed E-state index contributed by atoms with van der Waals surface area (Å²) < 4.78 is 10.7. The van der Waals surface area contributed by atoms with Crippen LogP contribution >= 0.6 is 11.3 Å². The van der Waals surface area contributed by atoms with E-state index in [-0.39, 0.29) is 18.0 Å². The predicted octanol–water partition coefficient (Wildman–Crippen LogP) is 4.46. The smallest absolute Gasteiger partial charge is 0.409 e. The van der Waals surface area contributed by atoms with Gasteiger partial charge in [-0.2, -0.15) is 0 Å². The van der Waals surface area contributed by atoms with Crippen LogP contribution in [0.25, 0.3) is 0 Å². The molecule has 1 fully saturated rings. The van der Waals surface area contributed by atoms with E-state index in [9.17, 15) is 9.59 Å². The topological polar surface area (TPSA) is 71.1 Å². The summed E-state index contributed by atoms with van der Waals surface area (Å²) in [5.41, 5.74) is 3.73. The maximum Gasteiger partial charge on any atom is 0.409 e. The standard InChI is InChI=1S/C25H33N3O4S/c1-4-32-25(30)28-14-12-27(13-15-28)23(18-8-7-9-19(16-18)31-3)22-20-10-5-6-11-21(20)33-24(22)26-17(2)29/h7-9,16,23H,4-6,10-15H2,1-3H3,(H,26,29). The fraction of sp³-hybridized carbons (Fsp3) is 0.520. The van der Waals surface area contributed by atoms with Crippen LogP contribution in [0.15, 0.2) is 24.3 Å². The minimum Gasteiger partial charge on any atom is -0.497 e. The lowest BCUT2D eigenvalue weighted by Gasteiger charge is -2.40. The minimum absolute atomic E-state index is 0.0237. The molecule has 1 N–H and O–H groups in total. The molecule has 4 rings (SSSR count). The molecule has 33 heavy (non-hydrogen) atoms. The van der Waals surface area contributed by atoms with Gasteiger partial charge in [0.15, 0.2) is 0 Å². The number of nitrogens with zero attached hydrogens (tertiary/aromatic N) is 2. The highest BCUT2D eigenvalue weighted by atomic mass is 32.1. The molecule has 0 spiro atoms. The Hall–Kier alpha value is -2.58. The lowest BCUT2D eigenvalue weighted by Crippen LogP contribution is -2.50. The molecule has 1 aromatic carbocycles. The van der Waals surface area contributed by atoms with Crippen LogP contribution in [0.2, 0.25) is 0 Å². The first kappa shape index (κ1) is 23.6. The van der Waals surface area contributed by atoms with Crippen LogP contribution in [-0.4, -0.2) is 61.7 Å². The Balaban J connectivity index is 1.74. The van der Waals surface area contributed by atoms with Gasteiger partial charge in [0.1, 0.15) is 10.8 Å². The highest BCUT2D eigenvalue weighted by Crippen LogP contribution is 2.46. The summed E-state index contributed by atoms with van der Waals surface area (Å²) in [5, 5.41) is 4.08. The lowest BCUT2D eigenvalue weighted by atomic mass is 9.88. The van der Waals surface area contributed by atoms with Gasteiger partial charge in [0.25, 0.3) is 0 Å². The molecule has 2 heterocycles. The number of anilines is 1. The predicted molar refractivity (Wildman–Crippen MR) is 130 cm³/mol. The molecule has 1 aliphatic carbocycles. The molecule has 0 saturated carbocycles. The van der Waals surface area contributed by atoms with Gasteiger partial charge in [0.2, 0.25) is 5.91 Å². The average molecular weight is 472 g/mol. The molecule has 2 aliphatic rings. The fourth-order valence-electron chi connectivity index (χ4n) is 4.88. The summed E-state index contributed by atoms with van der Waals surface area (Å²) in [6.45, 7) is 6.46. The number of rotatable bonds is 6. The monoisotopic (exact) mass is 471 g/mol. The zero-order valence-corrected chi connectivity index (χ0v) is 20.5. The third-order valence-electron chi connectivity index (χ3n) is 6.39. The van der Waals surface area contributed by atoms with Crippen LogP contribution in [-0.2, 0) is 22.4 Å². The molecule has 1 aliphatic heterocycles. The Labute approximate surface area is 199 Å². The number of hydrogen-bond donors (Lipinski definition) is 1. The van der Waals surface area contributed by atoms with Gasteiger partial charge < -0.3 is 19.7 Å². The fourth-order valence-corrected chi connectivity index (χ4v) is 6.25.